The van der Waals surface area contributed by atoms with Gasteiger partial charge in [-0.1, -0.05) is 15.9 Å². The number of halogens is 1. The van der Waals surface area contributed by atoms with E-state index in [2.05, 4.69) is 25.9 Å². The van der Waals surface area contributed by atoms with E-state index in [1.165, 1.54) is 4.90 Å². The van der Waals surface area contributed by atoms with Crippen molar-refractivity contribution in [1.82, 2.24) is 14.9 Å². The minimum absolute atomic E-state index is 0.102. The Morgan fingerprint density at radius 1 is 1.35 bits per heavy atom. The highest BCUT2D eigenvalue weighted by Gasteiger charge is 2.30. The summed E-state index contributed by atoms with van der Waals surface area (Å²) in [6.45, 7) is 2.95. The minimum atomic E-state index is -0.399. The lowest BCUT2D eigenvalue weighted by molar-refractivity contribution is 0.106. The third-order valence-corrected chi connectivity index (χ3v) is 4.39. The van der Waals surface area contributed by atoms with Crippen LogP contribution in [-0.2, 0) is 24.4 Å². The van der Waals surface area contributed by atoms with Crippen molar-refractivity contribution in [2.75, 3.05) is 19.5 Å². The van der Waals surface area contributed by atoms with Gasteiger partial charge in [0.1, 0.15) is 12.4 Å². The van der Waals surface area contributed by atoms with Crippen LogP contribution in [0.4, 0.5) is 10.7 Å². The summed E-state index contributed by atoms with van der Waals surface area (Å²) < 4.78 is 17.2. The zero-order chi connectivity index (χ0) is 18.7. The lowest BCUT2D eigenvalue weighted by atomic mass is 10.2. The fourth-order valence-electron chi connectivity index (χ4n) is 2.71. The molecule has 0 spiro atoms. The number of nitrogen functional groups attached to an aromatic ring is 1. The Morgan fingerprint density at radius 3 is 2.88 bits per heavy atom. The van der Waals surface area contributed by atoms with Gasteiger partial charge in [-0.25, -0.2) is 9.78 Å². The molecule has 1 aromatic carbocycles. The lowest BCUT2D eigenvalue weighted by Gasteiger charge is -2.14. The fourth-order valence-corrected chi connectivity index (χ4v) is 3.12. The number of nitrogens with zero attached hydrogens (tertiary/aromatic N) is 3. The molecule has 26 heavy (non-hydrogen) atoms. The third kappa shape index (κ3) is 3.82. The molecule has 2 aromatic rings. The van der Waals surface area contributed by atoms with Gasteiger partial charge in [-0.15, -0.1) is 0 Å². The molecule has 0 saturated heterocycles. The summed E-state index contributed by atoms with van der Waals surface area (Å²) in [5.41, 5.74) is 8.05. The van der Waals surface area contributed by atoms with Crippen LogP contribution in [-0.4, -0.2) is 34.7 Å². The second-order valence-electron chi connectivity index (χ2n) is 5.61. The molecule has 0 bridgehead atoms. The van der Waals surface area contributed by atoms with E-state index in [4.69, 9.17) is 19.9 Å². The summed E-state index contributed by atoms with van der Waals surface area (Å²) in [6, 6.07) is 5.65. The molecule has 1 aliphatic rings. The Bertz CT molecular complexity index is 831. The molecule has 1 amide bonds. The van der Waals surface area contributed by atoms with E-state index in [0.29, 0.717) is 37.0 Å². The maximum atomic E-state index is 12.0. The second kappa shape index (κ2) is 7.77. The van der Waals surface area contributed by atoms with Crippen LogP contribution in [0.3, 0.4) is 0 Å². The number of benzene rings is 1. The van der Waals surface area contributed by atoms with Crippen molar-refractivity contribution < 1.29 is 19.0 Å². The third-order valence-electron chi connectivity index (χ3n) is 3.89. The molecule has 1 aromatic heterocycles. The van der Waals surface area contributed by atoms with Crippen molar-refractivity contribution in [3.63, 3.8) is 0 Å². The van der Waals surface area contributed by atoms with Crippen molar-refractivity contribution >= 4 is 28.0 Å². The summed E-state index contributed by atoms with van der Waals surface area (Å²) in [7, 11) is 1.60. The highest BCUT2D eigenvalue weighted by atomic mass is 79.9. The van der Waals surface area contributed by atoms with Crippen LogP contribution < -0.4 is 15.2 Å². The normalized spacial score (nSPS) is 12.7. The van der Waals surface area contributed by atoms with Crippen LogP contribution in [0.1, 0.15) is 23.7 Å². The van der Waals surface area contributed by atoms with Gasteiger partial charge in [0.25, 0.3) is 0 Å². The van der Waals surface area contributed by atoms with E-state index in [9.17, 15) is 4.79 Å². The van der Waals surface area contributed by atoms with Crippen molar-refractivity contribution in [2.24, 2.45) is 0 Å². The first-order chi connectivity index (χ1) is 12.5. The second-order valence-corrected chi connectivity index (χ2v) is 6.53. The van der Waals surface area contributed by atoms with Crippen LogP contribution in [0.15, 0.2) is 22.7 Å². The number of methoxy groups -OCH3 is 1. The number of nitrogens with two attached hydrogens (primary N) is 1. The molecule has 3 rings (SSSR count). The monoisotopic (exact) mass is 422 g/mol. The van der Waals surface area contributed by atoms with Gasteiger partial charge < -0.3 is 19.9 Å². The Kier molecular flexibility index (Phi) is 5.46. The summed E-state index contributed by atoms with van der Waals surface area (Å²) in [5.74, 6) is 1.17. The van der Waals surface area contributed by atoms with Gasteiger partial charge in [-0.2, -0.15) is 4.98 Å². The molecular formula is C17H19BrN4O4. The van der Waals surface area contributed by atoms with Crippen LogP contribution in [0, 0.1) is 0 Å². The van der Waals surface area contributed by atoms with Gasteiger partial charge in [-0.05, 0) is 25.1 Å². The molecule has 0 fully saturated rings. The maximum absolute atomic E-state index is 12.0. The maximum Gasteiger partial charge on any atom is 0.410 e. The predicted molar refractivity (Wildman–Crippen MR) is 97.7 cm³/mol. The number of aromatic nitrogens is 2. The molecule has 0 saturated carbocycles. The summed E-state index contributed by atoms with van der Waals surface area (Å²) in [4.78, 5) is 21.9. The number of ether oxygens (including phenoxy) is 3. The average Bonchev–Trinajstić information content (AvgIpc) is 3.04. The largest absolute Gasteiger partial charge is 0.496 e. The first kappa shape index (κ1) is 18.2. The zero-order valence-corrected chi connectivity index (χ0v) is 16.1. The lowest BCUT2D eigenvalue weighted by Crippen LogP contribution is -2.26. The Hall–Kier alpha value is -2.55. The van der Waals surface area contributed by atoms with E-state index in [0.717, 1.165) is 15.6 Å². The van der Waals surface area contributed by atoms with Gasteiger partial charge >= 0.3 is 6.09 Å². The van der Waals surface area contributed by atoms with Crippen LogP contribution >= 0.6 is 15.9 Å². The molecule has 2 heterocycles. The molecule has 1 aliphatic heterocycles. The SMILES string of the molecule is CCOC(=O)N1Cc2nc(N)nc(OCc3cc(Br)ccc3OC)c2C1. The van der Waals surface area contributed by atoms with E-state index < -0.39 is 6.09 Å². The van der Waals surface area contributed by atoms with Crippen LogP contribution in [0.25, 0.3) is 0 Å². The van der Waals surface area contributed by atoms with E-state index in [-0.39, 0.29) is 12.6 Å². The molecular weight excluding hydrogens is 404 g/mol. The number of rotatable bonds is 5. The number of carbonyl (C=O) groups is 1. The molecule has 8 nitrogen and oxygen atoms in total. The molecule has 0 unspecified atom stereocenters. The Balaban J connectivity index is 1.81. The molecule has 0 aliphatic carbocycles. The summed E-state index contributed by atoms with van der Waals surface area (Å²) in [6.07, 6.45) is -0.399. The van der Waals surface area contributed by atoms with Gasteiger partial charge in [0, 0.05) is 10.0 Å². The summed E-state index contributed by atoms with van der Waals surface area (Å²) in [5, 5.41) is 0. The predicted octanol–water partition coefficient (Wildman–Crippen LogP) is 2.88. The van der Waals surface area contributed by atoms with Crippen molar-refractivity contribution in [2.45, 2.75) is 26.6 Å². The first-order valence-electron chi connectivity index (χ1n) is 8.04. The first-order valence-corrected chi connectivity index (χ1v) is 8.83. The fraction of sp³-hybridized carbons (Fsp3) is 0.353. The number of carbonyl (C=O) groups excluding carboxylic acids is 1. The molecule has 0 radical (unpaired) electrons. The smallest absolute Gasteiger partial charge is 0.410 e. The standard InChI is InChI=1S/C17H19BrN4O4/c1-3-25-17(23)22-7-12-13(8-22)20-16(19)21-15(12)26-9-10-6-11(18)4-5-14(10)24-2/h4-6H,3,7-9H2,1-2H3,(H2,19,20,21). The zero-order valence-electron chi connectivity index (χ0n) is 14.5. The number of fused-ring (bicyclic) bond motifs is 1. The highest BCUT2D eigenvalue weighted by Crippen LogP contribution is 2.31. The van der Waals surface area contributed by atoms with E-state index in [1.54, 1.807) is 14.0 Å². The van der Waals surface area contributed by atoms with Gasteiger partial charge in [-0.3, -0.25) is 4.90 Å². The molecule has 9 heteroatoms. The van der Waals surface area contributed by atoms with Crippen LogP contribution in [0.5, 0.6) is 11.6 Å². The average molecular weight is 423 g/mol. The summed E-state index contributed by atoms with van der Waals surface area (Å²) >= 11 is 3.44. The highest BCUT2D eigenvalue weighted by molar-refractivity contribution is 9.10. The van der Waals surface area contributed by atoms with E-state index >= 15 is 0 Å². The Morgan fingerprint density at radius 2 is 2.15 bits per heavy atom. The molecule has 2 N–H and O–H groups in total. The molecule has 138 valence electrons. The number of hydrogen-bond donors (Lipinski definition) is 1. The van der Waals surface area contributed by atoms with Crippen LogP contribution in [0.2, 0.25) is 0 Å². The van der Waals surface area contributed by atoms with Gasteiger partial charge in [0.2, 0.25) is 11.8 Å². The van der Waals surface area contributed by atoms with E-state index in [1.807, 2.05) is 18.2 Å². The van der Waals surface area contributed by atoms with Gasteiger partial charge in [0.05, 0.1) is 38.1 Å². The minimum Gasteiger partial charge on any atom is -0.496 e. The topological polar surface area (TPSA) is 99.8 Å². The van der Waals surface area contributed by atoms with Crippen molar-refractivity contribution in [3.8, 4) is 11.6 Å². The molecule has 0 atom stereocenters. The van der Waals surface area contributed by atoms with Crippen molar-refractivity contribution in [1.29, 1.82) is 0 Å². The number of amides is 1. The van der Waals surface area contributed by atoms with Crippen molar-refractivity contribution in [3.05, 3.63) is 39.5 Å². The quantitative estimate of drug-likeness (QED) is 0.790. The number of anilines is 1. The number of hydrogen-bond acceptors (Lipinski definition) is 7. The Labute approximate surface area is 159 Å². The van der Waals surface area contributed by atoms with Gasteiger partial charge in [0.15, 0.2) is 0 Å².